The van der Waals surface area contributed by atoms with Crippen LogP contribution in [0.2, 0.25) is 0 Å². The summed E-state index contributed by atoms with van der Waals surface area (Å²) in [6.07, 6.45) is 7.14. The fourth-order valence-electron chi connectivity index (χ4n) is 3.15. The molecule has 0 unspecified atom stereocenters. The molecule has 0 spiro atoms. The Morgan fingerprint density at radius 2 is 2.00 bits per heavy atom. The molecule has 0 N–H and O–H groups in total. The van der Waals surface area contributed by atoms with Gasteiger partial charge in [0.25, 0.3) is 0 Å². The lowest BCUT2D eigenvalue weighted by Gasteiger charge is -2.19. The fourth-order valence-corrected chi connectivity index (χ4v) is 4.76. The summed E-state index contributed by atoms with van der Waals surface area (Å²) in [5.74, 6) is 1.66. The quantitative estimate of drug-likeness (QED) is 0.759. The van der Waals surface area contributed by atoms with Gasteiger partial charge in [-0.1, -0.05) is 30.7 Å². The van der Waals surface area contributed by atoms with E-state index in [0.29, 0.717) is 11.8 Å². The van der Waals surface area contributed by atoms with Crippen LogP contribution in [0.4, 0.5) is 0 Å². The summed E-state index contributed by atoms with van der Waals surface area (Å²) in [6.45, 7) is 1.82. The van der Waals surface area contributed by atoms with Crippen molar-refractivity contribution in [1.29, 1.82) is 0 Å². The number of thiophene rings is 1. The lowest BCUT2D eigenvalue weighted by atomic mass is 10.2. The molecule has 2 aromatic rings. The average Bonchev–Trinajstić information content (AvgIpc) is 3.22. The zero-order valence-corrected chi connectivity index (χ0v) is 15.3. The highest BCUT2D eigenvalue weighted by Crippen LogP contribution is 2.41. The second-order valence-corrected chi connectivity index (χ2v) is 8.36. The first-order valence-electron chi connectivity index (χ1n) is 8.72. The Morgan fingerprint density at radius 1 is 1.21 bits per heavy atom. The second-order valence-electron chi connectivity index (χ2n) is 6.47. The van der Waals surface area contributed by atoms with Gasteiger partial charge < -0.3 is 4.90 Å². The number of hydrogen-bond donors (Lipinski definition) is 0. The average molecular weight is 363 g/mol. The molecule has 7 heteroatoms. The molecule has 128 valence electrons. The molecule has 2 aliphatic rings. The Kier molecular flexibility index (Phi) is 4.89. The number of aromatic nitrogens is 3. The van der Waals surface area contributed by atoms with Crippen LogP contribution in [0.5, 0.6) is 0 Å². The summed E-state index contributed by atoms with van der Waals surface area (Å²) < 4.78 is 2.24. The predicted octanol–water partition coefficient (Wildman–Crippen LogP) is 3.84. The fraction of sp³-hybridized carbons (Fsp3) is 0.588. The Morgan fingerprint density at radius 3 is 2.67 bits per heavy atom. The van der Waals surface area contributed by atoms with E-state index in [4.69, 9.17) is 0 Å². The van der Waals surface area contributed by atoms with Gasteiger partial charge in [0.1, 0.15) is 0 Å². The third-order valence-corrected chi connectivity index (χ3v) is 6.40. The molecular weight excluding hydrogens is 340 g/mol. The van der Waals surface area contributed by atoms with Crippen molar-refractivity contribution in [1.82, 2.24) is 19.7 Å². The first-order chi connectivity index (χ1) is 11.8. The van der Waals surface area contributed by atoms with Gasteiger partial charge >= 0.3 is 0 Å². The van der Waals surface area contributed by atoms with Gasteiger partial charge in [-0.2, -0.15) is 0 Å². The molecule has 0 atom stereocenters. The number of likely N-dealkylation sites (tertiary alicyclic amines) is 1. The topological polar surface area (TPSA) is 51.0 Å². The molecule has 1 saturated carbocycles. The molecule has 0 aromatic carbocycles. The Bertz CT molecular complexity index is 686. The number of nitrogens with zero attached hydrogens (tertiary/aromatic N) is 4. The minimum absolute atomic E-state index is 0.241. The Balaban J connectivity index is 1.46. The summed E-state index contributed by atoms with van der Waals surface area (Å²) in [7, 11) is 0. The van der Waals surface area contributed by atoms with E-state index in [9.17, 15) is 4.79 Å². The first-order valence-corrected chi connectivity index (χ1v) is 10.6. The third-order valence-electron chi connectivity index (χ3n) is 4.60. The Labute approximate surface area is 150 Å². The lowest BCUT2D eigenvalue weighted by Crippen LogP contribution is -2.33. The SMILES string of the molecule is O=C(CSc1nnc(-c2cccs2)n1C1CC1)N1CCCCCC1. The highest BCUT2D eigenvalue weighted by Gasteiger charge is 2.30. The Hall–Kier alpha value is -1.34. The van der Waals surface area contributed by atoms with E-state index < -0.39 is 0 Å². The van der Waals surface area contributed by atoms with Gasteiger partial charge in [-0.05, 0) is 37.1 Å². The molecule has 0 radical (unpaired) electrons. The third kappa shape index (κ3) is 3.52. The molecule has 24 heavy (non-hydrogen) atoms. The minimum atomic E-state index is 0.241. The number of thioether (sulfide) groups is 1. The molecule has 4 rings (SSSR count). The predicted molar refractivity (Wildman–Crippen MR) is 97.4 cm³/mol. The van der Waals surface area contributed by atoms with Crippen LogP contribution >= 0.6 is 23.1 Å². The maximum absolute atomic E-state index is 12.5. The van der Waals surface area contributed by atoms with E-state index in [2.05, 4.69) is 26.2 Å². The van der Waals surface area contributed by atoms with E-state index in [1.807, 2.05) is 11.0 Å². The molecule has 5 nitrogen and oxygen atoms in total. The van der Waals surface area contributed by atoms with Crippen molar-refractivity contribution in [2.75, 3.05) is 18.8 Å². The van der Waals surface area contributed by atoms with Gasteiger partial charge in [-0.3, -0.25) is 9.36 Å². The van der Waals surface area contributed by atoms with Crippen molar-refractivity contribution in [3.8, 4) is 10.7 Å². The molecule has 2 aromatic heterocycles. The van der Waals surface area contributed by atoms with Crippen LogP contribution < -0.4 is 0 Å². The lowest BCUT2D eigenvalue weighted by molar-refractivity contribution is -0.128. The van der Waals surface area contributed by atoms with Crippen molar-refractivity contribution in [2.45, 2.75) is 49.7 Å². The molecule has 1 aliphatic carbocycles. The molecule has 3 heterocycles. The van der Waals surface area contributed by atoms with Crippen molar-refractivity contribution in [3.05, 3.63) is 17.5 Å². The second kappa shape index (κ2) is 7.27. The highest BCUT2D eigenvalue weighted by atomic mass is 32.2. The van der Waals surface area contributed by atoms with Crippen LogP contribution in [0.15, 0.2) is 22.7 Å². The number of hydrogen-bond acceptors (Lipinski definition) is 5. The zero-order valence-electron chi connectivity index (χ0n) is 13.7. The number of carbonyl (C=O) groups is 1. The van der Waals surface area contributed by atoms with Crippen molar-refractivity contribution in [2.24, 2.45) is 0 Å². The summed E-state index contributed by atoms with van der Waals surface area (Å²) in [5, 5.41) is 11.7. The maximum Gasteiger partial charge on any atom is 0.233 e. The normalized spacial score (nSPS) is 18.6. The van der Waals surface area contributed by atoms with Crippen LogP contribution in [0.25, 0.3) is 10.7 Å². The largest absolute Gasteiger partial charge is 0.342 e. The van der Waals surface area contributed by atoms with Crippen LogP contribution in [0.3, 0.4) is 0 Å². The van der Waals surface area contributed by atoms with E-state index in [1.54, 1.807) is 23.1 Å². The van der Waals surface area contributed by atoms with Gasteiger partial charge in [0, 0.05) is 19.1 Å². The molecule has 1 aliphatic heterocycles. The molecule has 0 bridgehead atoms. The van der Waals surface area contributed by atoms with Gasteiger partial charge in [0.05, 0.1) is 10.6 Å². The van der Waals surface area contributed by atoms with E-state index in [1.165, 1.54) is 25.7 Å². The summed E-state index contributed by atoms with van der Waals surface area (Å²) >= 11 is 3.24. The van der Waals surface area contributed by atoms with Gasteiger partial charge in [0.2, 0.25) is 5.91 Å². The van der Waals surface area contributed by atoms with Gasteiger partial charge in [-0.15, -0.1) is 21.5 Å². The zero-order chi connectivity index (χ0) is 16.4. The van der Waals surface area contributed by atoms with Crippen LogP contribution in [-0.2, 0) is 4.79 Å². The monoisotopic (exact) mass is 362 g/mol. The van der Waals surface area contributed by atoms with E-state index in [-0.39, 0.29) is 5.91 Å². The van der Waals surface area contributed by atoms with Crippen molar-refractivity contribution in [3.63, 3.8) is 0 Å². The van der Waals surface area contributed by atoms with Crippen molar-refractivity contribution < 1.29 is 4.79 Å². The standard InChI is InChI=1S/C17H22N4OS2/c22-15(20-9-3-1-2-4-10-20)12-24-17-19-18-16(14-6-5-11-23-14)21(17)13-7-8-13/h5-6,11,13H,1-4,7-10,12H2. The number of rotatable bonds is 5. The molecule has 1 saturated heterocycles. The van der Waals surface area contributed by atoms with E-state index >= 15 is 0 Å². The van der Waals surface area contributed by atoms with Gasteiger partial charge in [-0.25, -0.2) is 0 Å². The first kappa shape index (κ1) is 16.1. The van der Waals surface area contributed by atoms with Crippen molar-refractivity contribution >= 4 is 29.0 Å². The van der Waals surface area contributed by atoms with Crippen LogP contribution in [0.1, 0.15) is 44.6 Å². The van der Waals surface area contributed by atoms with Crippen LogP contribution in [-0.4, -0.2) is 44.4 Å². The van der Waals surface area contributed by atoms with E-state index in [0.717, 1.165) is 41.8 Å². The molecule has 1 amide bonds. The molecular formula is C17H22N4OS2. The molecule has 2 fully saturated rings. The number of amides is 1. The summed E-state index contributed by atoms with van der Waals surface area (Å²) in [5.41, 5.74) is 0. The van der Waals surface area contributed by atoms with Gasteiger partial charge in [0.15, 0.2) is 11.0 Å². The number of carbonyl (C=O) groups excluding carboxylic acids is 1. The maximum atomic E-state index is 12.5. The minimum Gasteiger partial charge on any atom is -0.342 e. The summed E-state index contributed by atoms with van der Waals surface area (Å²) in [4.78, 5) is 15.7. The summed E-state index contributed by atoms with van der Waals surface area (Å²) in [6, 6.07) is 4.64. The highest BCUT2D eigenvalue weighted by molar-refractivity contribution is 7.99. The van der Waals surface area contributed by atoms with Crippen LogP contribution in [0, 0.1) is 0 Å². The smallest absolute Gasteiger partial charge is 0.233 e.